The fourth-order valence-electron chi connectivity index (χ4n) is 4.09. The fraction of sp³-hybridized carbons (Fsp3) is 0.478. The fourth-order valence-corrected chi connectivity index (χ4v) is 4.09. The van der Waals surface area contributed by atoms with Gasteiger partial charge in [0.25, 0.3) is 0 Å². The lowest BCUT2D eigenvalue weighted by Crippen LogP contribution is -2.51. The number of aryl methyl sites for hydroxylation is 1. The third-order valence-electron chi connectivity index (χ3n) is 5.88. The van der Waals surface area contributed by atoms with Crippen LogP contribution in [0.15, 0.2) is 36.5 Å². The van der Waals surface area contributed by atoms with Gasteiger partial charge in [-0.25, -0.2) is 9.18 Å². The zero-order valence-electron chi connectivity index (χ0n) is 17.3. The molecule has 1 aliphatic heterocycles. The van der Waals surface area contributed by atoms with Crippen molar-refractivity contribution in [1.29, 1.82) is 0 Å². The number of benzene rings is 1. The van der Waals surface area contributed by atoms with Crippen LogP contribution in [-0.2, 0) is 4.74 Å². The van der Waals surface area contributed by atoms with Crippen molar-refractivity contribution < 1.29 is 23.8 Å². The standard InChI is InChI=1S/C23H28FNO4/c1-5-18-21(28-19-11-12-25-14(3)20(19)22(26)27)17(13-23(4,6-2)29-18)15-7-9-16(24)10-8-15/h7-12,17-18,21H,5-6,13H2,1-4H3,(H,26,27). The number of rotatable bonds is 6. The number of carbonyl (C=O) groups is 1. The monoisotopic (exact) mass is 401 g/mol. The van der Waals surface area contributed by atoms with Gasteiger partial charge >= 0.3 is 5.97 Å². The van der Waals surface area contributed by atoms with E-state index < -0.39 is 12.1 Å². The van der Waals surface area contributed by atoms with Crippen LogP contribution in [0.2, 0.25) is 0 Å². The lowest BCUT2D eigenvalue weighted by molar-refractivity contribution is -0.171. The van der Waals surface area contributed by atoms with Gasteiger partial charge in [-0.15, -0.1) is 0 Å². The van der Waals surface area contributed by atoms with Crippen molar-refractivity contribution in [2.24, 2.45) is 0 Å². The number of hydrogen-bond acceptors (Lipinski definition) is 4. The van der Waals surface area contributed by atoms with Crippen molar-refractivity contribution in [1.82, 2.24) is 4.98 Å². The highest BCUT2D eigenvalue weighted by Crippen LogP contribution is 2.43. The minimum absolute atomic E-state index is 0.0593. The SMILES string of the molecule is CCC1OC(C)(CC)CC(c2ccc(F)cc2)C1Oc1ccnc(C)c1C(=O)O. The van der Waals surface area contributed by atoms with Gasteiger partial charge in [-0.3, -0.25) is 4.98 Å². The molecule has 5 nitrogen and oxygen atoms in total. The zero-order valence-corrected chi connectivity index (χ0v) is 17.3. The molecule has 4 atom stereocenters. The van der Waals surface area contributed by atoms with Gasteiger partial charge < -0.3 is 14.6 Å². The molecular formula is C23H28FNO4. The molecule has 1 aliphatic rings. The Balaban J connectivity index is 2.04. The highest BCUT2D eigenvalue weighted by molar-refractivity contribution is 5.92. The second kappa shape index (κ2) is 8.49. The van der Waals surface area contributed by atoms with E-state index in [1.807, 2.05) is 6.92 Å². The normalized spacial score (nSPS) is 26.9. The molecule has 4 unspecified atom stereocenters. The molecular weight excluding hydrogens is 373 g/mol. The molecule has 0 bridgehead atoms. The maximum absolute atomic E-state index is 13.5. The largest absolute Gasteiger partial charge is 0.486 e. The summed E-state index contributed by atoms with van der Waals surface area (Å²) < 4.78 is 26.2. The van der Waals surface area contributed by atoms with Crippen LogP contribution in [0, 0.1) is 12.7 Å². The number of carboxylic acids is 1. The molecule has 156 valence electrons. The van der Waals surface area contributed by atoms with Gasteiger partial charge in [-0.2, -0.15) is 0 Å². The van der Waals surface area contributed by atoms with E-state index in [9.17, 15) is 14.3 Å². The van der Waals surface area contributed by atoms with Crippen LogP contribution in [0.1, 0.15) is 67.6 Å². The summed E-state index contributed by atoms with van der Waals surface area (Å²) in [6.45, 7) is 7.85. The van der Waals surface area contributed by atoms with E-state index in [1.165, 1.54) is 12.1 Å². The summed E-state index contributed by atoms with van der Waals surface area (Å²) >= 11 is 0. The van der Waals surface area contributed by atoms with Crippen LogP contribution in [0.3, 0.4) is 0 Å². The molecule has 1 saturated heterocycles. The summed E-state index contributed by atoms with van der Waals surface area (Å²) in [6, 6.07) is 8.04. The van der Waals surface area contributed by atoms with Crippen molar-refractivity contribution in [3.8, 4) is 5.75 Å². The Morgan fingerprint density at radius 2 is 2.00 bits per heavy atom. The third-order valence-corrected chi connectivity index (χ3v) is 5.88. The predicted octanol–water partition coefficient (Wildman–Crippen LogP) is 5.13. The van der Waals surface area contributed by atoms with E-state index in [2.05, 4.69) is 18.8 Å². The van der Waals surface area contributed by atoms with E-state index in [0.29, 0.717) is 18.5 Å². The summed E-state index contributed by atoms with van der Waals surface area (Å²) in [5, 5.41) is 9.64. The van der Waals surface area contributed by atoms with Gasteiger partial charge in [-0.05, 0) is 56.9 Å². The van der Waals surface area contributed by atoms with Gasteiger partial charge in [0.1, 0.15) is 23.2 Å². The van der Waals surface area contributed by atoms with E-state index >= 15 is 0 Å². The van der Waals surface area contributed by atoms with E-state index in [4.69, 9.17) is 9.47 Å². The second-order valence-corrected chi connectivity index (χ2v) is 7.89. The first-order valence-electron chi connectivity index (χ1n) is 10.1. The topological polar surface area (TPSA) is 68.7 Å². The smallest absolute Gasteiger partial charge is 0.341 e. The highest BCUT2D eigenvalue weighted by atomic mass is 19.1. The number of ether oxygens (including phenoxy) is 2. The number of nitrogens with zero attached hydrogens (tertiary/aromatic N) is 1. The maximum atomic E-state index is 13.5. The Bertz CT molecular complexity index is 870. The minimum Gasteiger partial charge on any atom is -0.486 e. The summed E-state index contributed by atoms with van der Waals surface area (Å²) in [5.74, 6) is -1.15. The number of aromatic nitrogens is 1. The van der Waals surface area contributed by atoms with Crippen LogP contribution >= 0.6 is 0 Å². The molecule has 0 radical (unpaired) electrons. The molecule has 1 N–H and O–H groups in total. The average Bonchev–Trinajstić information content (AvgIpc) is 2.69. The Kier molecular flexibility index (Phi) is 6.22. The lowest BCUT2D eigenvalue weighted by Gasteiger charge is -2.47. The Labute approximate surface area is 170 Å². The number of pyridine rings is 1. The average molecular weight is 401 g/mol. The first-order chi connectivity index (χ1) is 13.8. The van der Waals surface area contributed by atoms with Crippen molar-refractivity contribution in [2.45, 2.75) is 70.7 Å². The second-order valence-electron chi connectivity index (χ2n) is 7.89. The van der Waals surface area contributed by atoms with Crippen LogP contribution in [-0.4, -0.2) is 33.9 Å². The molecule has 2 heterocycles. The summed E-state index contributed by atoms with van der Waals surface area (Å²) in [5.41, 5.74) is 1.09. The summed E-state index contributed by atoms with van der Waals surface area (Å²) in [7, 11) is 0. The Morgan fingerprint density at radius 1 is 1.31 bits per heavy atom. The van der Waals surface area contributed by atoms with Crippen LogP contribution in [0.4, 0.5) is 4.39 Å². The minimum atomic E-state index is -1.08. The predicted molar refractivity (Wildman–Crippen MR) is 108 cm³/mol. The van der Waals surface area contributed by atoms with E-state index in [1.54, 1.807) is 31.3 Å². The molecule has 3 rings (SSSR count). The molecule has 1 aromatic heterocycles. The molecule has 0 saturated carbocycles. The number of halogens is 1. The summed E-state index contributed by atoms with van der Waals surface area (Å²) in [4.78, 5) is 15.9. The molecule has 0 aliphatic carbocycles. The lowest BCUT2D eigenvalue weighted by atomic mass is 9.77. The zero-order chi connectivity index (χ0) is 21.2. The molecule has 1 aromatic carbocycles. The van der Waals surface area contributed by atoms with Crippen molar-refractivity contribution >= 4 is 5.97 Å². The van der Waals surface area contributed by atoms with E-state index in [-0.39, 0.29) is 34.8 Å². The molecule has 0 spiro atoms. The van der Waals surface area contributed by atoms with Crippen molar-refractivity contribution in [2.75, 3.05) is 0 Å². The first kappa shape index (κ1) is 21.2. The van der Waals surface area contributed by atoms with Crippen molar-refractivity contribution in [3.63, 3.8) is 0 Å². The number of hydrogen-bond donors (Lipinski definition) is 1. The van der Waals surface area contributed by atoms with Gasteiger partial charge in [0.05, 0.1) is 17.4 Å². The van der Waals surface area contributed by atoms with Gasteiger partial charge in [-0.1, -0.05) is 26.0 Å². The van der Waals surface area contributed by atoms with Gasteiger partial charge in [0.15, 0.2) is 0 Å². The molecule has 0 amide bonds. The number of aromatic carboxylic acids is 1. The first-order valence-corrected chi connectivity index (χ1v) is 10.1. The Morgan fingerprint density at radius 3 is 2.59 bits per heavy atom. The molecule has 6 heteroatoms. The quantitative estimate of drug-likeness (QED) is 0.727. The van der Waals surface area contributed by atoms with Crippen molar-refractivity contribution in [3.05, 3.63) is 59.2 Å². The van der Waals surface area contributed by atoms with Crippen LogP contribution in [0.5, 0.6) is 5.75 Å². The maximum Gasteiger partial charge on any atom is 0.341 e. The van der Waals surface area contributed by atoms with Crippen LogP contribution < -0.4 is 4.74 Å². The Hall–Kier alpha value is -2.47. The molecule has 2 aromatic rings. The van der Waals surface area contributed by atoms with Gasteiger partial charge in [0.2, 0.25) is 0 Å². The molecule has 29 heavy (non-hydrogen) atoms. The van der Waals surface area contributed by atoms with E-state index in [0.717, 1.165) is 12.0 Å². The number of carboxylic acid groups (broad SMARTS) is 1. The highest BCUT2D eigenvalue weighted by Gasteiger charge is 2.45. The third kappa shape index (κ3) is 4.42. The summed E-state index contributed by atoms with van der Waals surface area (Å²) in [6.07, 6.45) is 3.17. The van der Waals surface area contributed by atoms with Gasteiger partial charge in [0, 0.05) is 12.1 Å². The van der Waals surface area contributed by atoms with Crippen LogP contribution in [0.25, 0.3) is 0 Å². The molecule has 1 fully saturated rings.